The molecule has 0 saturated carbocycles. The maximum Gasteiger partial charge on any atom is 0.289 e. The van der Waals surface area contributed by atoms with E-state index in [1.165, 1.54) is 6.42 Å². The number of likely N-dealkylation sites (tertiary alicyclic amines) is 1. The Kier molecular flexibility index (Phi) is 5.38. The third-order valence-corrected chi connectivity index (χ3v) is 4.98. The third-order valence-electron chi connectivity index (χ3n) is 4.98. The van der Waals surface area contributed by atoms with Gasteiger partial charge in [0.1, 0.15) is 5.76 Å². The zero-order valence-electron chi connectivity index (χ0n) is 14.3. The van der Waals surface area contributed by atoms with E-state index in [2.05, 4.69) is 11.8 Å². The summed E-state index contributed by atoms with van der Waals surface area (Å²) in [7, 11) is 0. The van der Waals surface area contributed by atoms with Crippen LogP contribution in [0.15, 0.2) is 10.5 Å². The molecular formula is C18H28N2O3. The van der Waals surface area contributed by atoms with Crippen molar-refractivity contribution < 1.29 is 13.9 Å². The molecule has 2 saturated heterocycles. The molecule has 3 rings (SSSR count). The van der Waals surface area contributed by atoms with Gasteiger partial charge in [-0.1, -0.05) is 6.92 Å². The van der Waals surface area contributed by atoms with Gasteiger partial charge in [-0.3, -0.25) is 9.69 Å². The number of hydrogen-bond donors (Lipinski definition) is 0. The maximum absolute atomic E-state index is 12.7. The van der Waals surface area contributed by atoms with Crippen LogP contribution in [0.1, 0.15) is 41.6 Å². The largest absolute Gasteiger partial charge is 0.456 e. The van der Waals surface area contributed by atoms with E-state index < -0.39 is 0 Å². The molecule has 0 radical (unpaired) electrons. The number of aryl methyl sites for hydroxylation is 2. The van der Waals surface area contributed by atoms with Crippen LogP contribution in [0, 0.1) is 12.8 Å². The highest BCUT2D eigenvalue weighted by molar-refractivity contribution is 5.91. The van der Waals surface area contributed by atoms with Gasteiger partial charge in [-0.25, -0.2) is 0 Å². The minimum Gasteiger partial charge on any atom is -0.456 e. The van der Waals surface area contributed by atoms with E-state index in [1.807, 2.05) is 17.9 Å². The molecule has 0 aromatic carbocycles. The molecule has 5 heteroatoms. The second-order valence-electron chi connectivity index (χ2n) is 6.74. The van der Waals surface area contributed by atoms with E-state index in [1.54, 1.807) is 0 Å². The number of amides is 1. The smallest absolute Gasteiger partial charge is 0.289 e. The lowest BCUT2D eigenvalue weighted by Crippen LogP contribution is -2.46. The molecule has 1 aromatic rings. The van der Waals surface area contributed by atoms with Gasteiger partial charge in [0.15, 0.2) is 5.76 Å². The quantitative estimate of drug-likeness (QED) is 0.854. The number of nitrogens with zero attached hydrogens (tertiary/aromatic N) is 2. The average molecular weight is 320 g/mol. The molecule has 0 N–H and O–H groups in total. The Morgan fingerprint density at radius 3 is 2.78 bits per heavy atom. The van der Waals surface area contributed by atoms with Crippen LogP contribution in [0.3, 0.4) is 0 Å². The lowest BCUT2D eigenvalue weighted by molar-refractivity contribution is 0.0220. The fourth-order valence-corrected chi connectivity index (χ4v) is 3.68. The van der Waals surface area contributed by atoms with Gasteiger partial charge in [-0.05, 0) is 37.3 Å². The molecule has 3 heterocycles. The monoisotopic (exact) mass is 320 g/mol. The fourth-order valence-electron chi connectivity index (χ4n) is 3.68. The summed E-state index contributed by atoms with van der Waals surface area (Å²) >= 11 is 0. The second-order valence-corrected chi connectivity index (χ2v) is 6.74. The minimum atomic E-state index is 0.0551. The number of carbonyl (C=O) groups is 1. The molecular weight excluding hydrogens is 292 g/mol. The predicted octanol–water partition coefficient (Wildman–Crippen LogP) is 2.33. The third kappa shape index (κ3) is 3.96. The van der Waals surface area contributed by atoms with E-state index in [-0.39, 0.29) is 5.91 Å². The first-order valence-electron chi connectivity index (χ1n) is 8.86. The SMILES string of the molecule is CCc1oc(C(=O)N2CCCC(CN3CCOCC3)C2)cc1C. The Labute approximate surface area is 138 Å². The number of morpholine rings is 1. The van der Waals surface area contributed by atoms with E-state index in [0.717, 1.165) is 70.1 Å². The molecule has 1 unspecified atom stereocenters. The molecule has 1 atom stereocenters. The van der Waals surface area contributed by atoms with Crippen molar-refractivity contribution in [1.82, 2.24) is 9.80 Å². The summed E-state index contributed by atoms with van der Waals surface area (Å²) < 4.78 is 11.2. The zero-order chi connectivity index (χ0) is 16.2. The van der Waals surface area contributed by atoms with Crippen LogP contribution in [0.25, 0.3) is 0 Å². The molecule has 0 aliphatic carbocycles. The van der Waals surface area contributed by atoms with Crippen LogP contribution in [-0.2, 0) is 11.2 Å². The summed E-state index contributed by atoms with van der Waals surface area (Å²) in [5.41, 5.74) is 1.08. The van der Waals surface area contributed by atoms with Gasteiger partial charge in [0.05, 0.1) is 13.2 Å². The molecule has 1 aromatic heterocycles. The number of furan rings is 1. The van der Waals surface area contributed by atoms with Crippen LogP contribution >= 0.6 is 0 Å². The summed E-state index contributed by atoms with van der Waals surface area (Å²) in [4.78, 5) is 17.2. The Balaban J connectivity index is 1.59. The lowest BCUT2D eigenvalue weighted by atomic mass is 9.97. The Bertz CT molecular complexity index is 534. The normalized spacial score (nSPS) is 23.2. The van der Waals surface area contributed by atoms with Crippen molar-refractivity contribution in [2.24, 2.45) is 5.92 Å². The van der Waals surface area contributed by atoms with Crippen molar-refractivity contribution in [2.75, 3.05) is 45.9 Å². The highest BCUT2D eigenvalue weighted by Crippen LogP contribution is 2.22. The topological polar surface area (TPSA) is 45.9 Å². The number of hydrogen-bond acceptors (Lipinski definition) is 4. The van der Waals surface area contributed by atoms with Gasteiger partial charge < -0.3 is 14.1 Å². The molecule has 0 spiro atoms. The molecule has 1 amide bonds. The van der Waals surface area contributed by atoms with Gasteiger partial charge in [0.2, 0.25) is 0 Å². The van der Waals surface area contributed by atoms with Gasteiger partial charge in [-0.15, -0.1) is 0 Å². The number of ether oxygens (including phenoxy) is 1. The van der Waals surface area contributed by atoms with Gasteiger partial charge in [-0.2, -0.15) is 0 Å². The maximum atomic E-state index is 12.7. The Hall–Kier alpha value is -1.33. The average Bonchev–Trinajstić information content (AvgIpc) is 2.96. The molecule has 2 aliphatic heterocycles. The summed E-state index contributed by atoms with van der Waals surface area (Å²) in [6.07, 6.45) is 3.12. The molecule has 128 valence electrons. The second kappa shape index (κ2) is 7.49. The summed E-state index contributed by atoms with van der Waals surface area (Å²) in [6.45, 7) is 10.5. The summed E-state index contributed by atoms with van der Waals surface area (Å²) in [5.74, 6) is 2.05. The van der Waals surface area contributed by atoms with E-state index in [4.69, 9.17) is 9.15 Å². The van der Waals surface area contributed by atoms with Crippen molar-refractivity contribution in [3.05, 3.63) is 23.2 Å². The molecule has 0 bridgehead atoms. The summed E-state index contributed by atoms with van der Waals surface area (Å²) in [6, 6.07) is 1.90. The lowest BCUT2D eigenvalue weighted by Gasteiger charge is -2.36. The van der Waals surface area contributed by atoms with Gasteiger partial charge in [0, 0.05) is 39.1 Å². The van der Waals surface area contributed by atoms with Crippen LogP contribution in [0.4, 0.5) is 0 Å². The first kappa shape index (κ1) is 16.5. The standard InChI is InChI=1S/C18H28N2O3/c1-3-16-14(2)11-17(23-16)18(21)20-6-4-5-15(13-20)12-19-7-9-22-10-8-19/h11,15H,3-10,12-13H2,1-2H3. The van der Waals surface area contributed by atoms with Gasteiger partial charge in [0.25, 0.3) is 5.91 Å². The zero-order valence-corrected chi connectivity index (χ0v) is 14.3. The molecule has 2 aliphatic rings. The van der Waals surface area contributed by atoms with E-state index in [9.17, 15) is 4.79 Å². The van der Waals surface area contributed by atoms with Crippen LogP contribution in [-0.4, -0.2) is 61.6 Å². The first-order chi connectivity index (χ1) is 11.2. The first-order valence-corrected chi connectivity index (χ1v) is 8.86. The fraction of sp³-hybridized carbons (Fsp3) is 0.722. The number of rotatable bonds is 4. The molecule has 2 fully saturated rings. The van der Waals surface area contributed by atoms with Crippen LogP contribution in [0.5, 0.6) is 0 Å². The number of piperidine rings is 1. The van der Waals surface area contributed by atoms with E-state index >= 15 is 0 Å². The van der Waals surface area contributed by atoms with Gasteiger partial charge >= 0.3 is 0 Å². The van der Waals surface area contributed by atoms with Crippen molar-refractivity contribution in [3.63, 3.8) is 0 Å². The van der Waals surface area contributed by atoms with Crippen molar-refractivity contribution in [3.8, 4) is 0 Å². The predicted molar refractivity (Wildman–Crippen MR) is 88.7 cm³/mol. The molecule has 23 heavy (non-hydrogen) atoms. The van der Waals surface area contributed by atoms with Crippen molar-refractivity contribution in [2.45, 2.75) is 33.1 Å². The summed E-state index contributed by atoms with van der Waals surface area (Å²) in [5, 5.41) is 0. The van der Waals surface area contributed by atoms with Crippen molar-refractivity contribution >= 4 is 5.91 Å². The van der Waals surface area contributed by atoms with Crippen molar-refractivity contribution in [1.29, 1.82) is 0 Å². The van der Waals surface area contributed by atoms with Crippen LogP contribution < -0.4 is 0 Å². The highest BCUT2D eigenvalue weighted by Gasteiger charge is 2.28. The highest BCUT2D eigenvalue weighted by atomic mass is 16.5. The number of carbonyl (C=O) groups excluding carboxylic acids is 1. The van der Waals surface area contributed by atoms with E-state index in [0.29, 0.717) is 11.7 Å². The Morgan fingerprint density at radius 1 is 1.30 bits per heavy atom. The van der Waals surface area contributed by atoms with Crippen LogP contribution in [0.2, 0.25) is 0 Å². The molecule has 5 nitrogen and oxygen atoms in total. The Morgan fingerprint density at radius 2 is 2.09 bits per heavy atom. The minimum absolute atomic E-state index is 0.0551.